The summed E-state index contributed by atoms with van der Waals surface area (Å²) in [5.74, 6) is -0.0150. The summed E-state index contributed by atoms with van der Waals surface area (Å²) in [5.41, 5.74) is 0.944. The van der Waals surface area contributed by atoms with Gasteiger partial charge in [0.25, 0.3) is 0 Å². The maximum absolute atomic E-state index is 12.2. The number of hydrogen-bond acceptors (Lipinski definition) is 4. The molecule has 1 atom stereocenters. The highest BCUT2D eigenvalue weighted by Gasteiger charge is 2.26. The SMILES string of the molecule is CNC(=O)C1CN(C(=O)CCn2ccc(C)n2)CCN1. The predicted octanol–water partition coefficient (Wildman–Crippen LogP) is -0.872. The summed E-state index contributed by atoms with van der Waals surface area (Å²) in [5, 5.41) is 9.96. The quantitative estimate of drug-likeness (QED) is 0.751. The number of aryl methyl sites for hydroxylation is 2. The number of nitrogens with zero attached hydrogens (tertiary/aromatic N) is 3. The van der Waals surface area contributed by atoms with E-state index in [1.165, 1.54) is 0 Å². The first-order valence-corrected chi connectivity index (χ1v) is 6.83. The third-order valence-corrected chi connectivity index (χ3v) is 3.42. The summed E-state index contributed by atoms with van der Waals surface area (Å²) in [6, 6.07) is 1.60. The second kappa shape index (κ2) is 6.51. The van der Waals surface area contributed by atoms with Gasteiger partial charge in [-0.15, -0.1) is 0 Å². The number of amides is 2. The molecule has 0 bridgehead atoms. The normalized spacial score (nSPS) is 18.9. The monoisotopic (exact) mass is 279 g/mol. The summed E-state index contributed by atoms with van der Waals surface area (Å²) >= 11 is 0. The van der Waals surface area contributed by atoms with Crippen LogP contribution in [0.5, 0.6) is 0 Å². The van der Waals surface area contributed by atoms with E-state index in [0.717, 1.165) is 5.69 Å². The highest BCUT2D eigenvalue weighted by atomic mass is 16.2. The number of hydrogen-bond donors (Lipinski definition) is 2. The van der Waals surface area contributed by atoms with Gasteiger partial charge in [0, 0.05) is 45.8 Å². The summed E-state index contributed by atoms with van der Waals surface area (Å²) in [7, 11) is 1.60. The fraction of sp³-hybridized carbons (Fsp3) is 0.615. The standard InChI is InChI=1S/C13H21N5O2/c1-10-3-6-18(16-10)7-4-12(19)17-8-5-15-11(9-17)13(20)14-2/h3,6,11,15H,4-5,7-9H2,1-2H3,(H,14,20). The molecular weight excluding hydrogens is 258 g/mol. The van der Waals surface area contributed by atoms with Gasteiger partial charge in [0.2, 0.25) is 11.8 Å². The van der Waals surface area contributed by atoms with Crippen molar-refractivity contribution in [2.24, 2.45) is 0 Å². The van der Waals surface area contributed by atoms with Crippen LogP contribution in [-0.4, -0.2) is 59.2 Å². The Bertz CT molecular complexity index is 485. The Morgan fingerprint density at radius 2 is 2.35 bits per heavy atom. The van der Waals surface area contributed by atoms with Crippen LogP contribution < -0.4 is 10.6 Å². The van der Waals surface area contributed by atoms with Crippen LogP contribution in [0.25, 0.3) is 0 Å². The zero-order chi connectivity index (χ0) is 14.5. The lowest BCUT2D eigenvalue weighted by atomic mass is 10.2. The van der Waals surface area contributed by atoms with Crippen LogP contribution in [0.4, 0.5) is 0 Å². The number of carbonyl (C=O) groups excluding carboxylic acids is 2. The van der Waals surface area contributed by atoms with Gasteiger partial charge in [-0.25, -0.2) is 0 Å². The first-order chi connectivity index (χ1) is 9.60. The largest absolute Gasteiger partial charge is 0.358 e. The van der Waals surface area contributed by atoms with Crippen molar-refractivity contribution in [3.05, 3.63) is 18.0 Å². The fourth-order valence-corrected chi connectivity index (χ4v) is 2.28. The van der Waals surface area contributed by atoms with Crippen molar-refractivity contribution >= 4 is 11.8 Å². The lowest BCUT2D eigenvalue weighted by molar-refractivity contribution is -0.134. The first-order valence-electron chi connectivity index (χ1n) is 6.83. The van der Waals surface area contributed by atoms with Crippen LogP contribution >= 0.6 is 0 Å². The molecule has 1 aromatic rings. The van der Waals surface area contributed by atoms with Gasteiger partial charge in [0.15, 0.2) is 0 Å². The molecule has 2 amide bonds. The Morgan fingerprint density at radius 1 is 1.55 bits per heavy atom. The van der Waals surface area contributed by atoms with E-state index in [2.05, 4.69) is 15.7 Å². The van der Waals surface area contributed by atoms with Gasteiger partial charge in [-0.3, -0.25) is 14.3 Å². The van der Waals surface area contributed by atoms with Crippen LogP contribution in [0.15, 0.2) is 12.3 Å². The third kappa shape index (κ3) is 3.57. The van der Waals surface area contributed by atoms with E-state index in [1.54, 1.807) is 16.6 Å². The van der Waals surface area contributed by atoms with E-state index < -0.39 is 0 Å². The number of likely N-dealkylation sites (N-methyl/N-ethyl adjacent to an activating group) is 1. The minimum atomic E-state index is -0.315. The molecule has 7 nitrogen and oxygen atoms in total. The smallest absolute Gasteiger partial charge is 0.238 e. The van der Waals surface area contributed by atoms with E-state index in [9.17, 15) is 9.59 Å². The van der Waals surface area contributed by atoms with Crippen LogP contribution in [0.1, 0.15) is 12.1 Å². The Balaban J connectivity index is 1.84. The molecule has 1 unspecified atom stereocenters. The van der Waals surface area contributed by atoms with E-state index in [-0.39, 0.29) is 17.9 Å². The molecule has 7 heteroatoms. The van der Waals surface area contributed by atoms with Crippen LogP contribution in [0.2, 0.25) is 0 Å². The van der Waals surface area contributed by atoms with Gasteiger partial charge in [-0.2, -0.15) is 5.10 Å². The van der Waals surface area contributed by atoms with Crippen molar-refractivity contribution in [3.63, 3.8) is 0 Å². The molecule has 0 spiro atoms. The van der Waals surface area contributed by atoms with E-state index >= 15 is 0 Å². The number of nitrogens with one attached hydrogen (secondary N) is 2. The lowest BCUT2D eigenvalue weighted by Crippen LogP contribution is -2.58. The van der Waals surface area contributed by atoms with Crippen molar-refractivity contribution in [3.8, 4) is 0 Å². The second-order valence-electron chi connectivity index (χ2n) is 4.93. The Hall–Kier alpha value is -1.89. The summed E-state index contributed by atoms with van der Waals surface area (Å²) < 4.78 is 1.77. The average molecular weight is 279 g/mol. The molecule has 110 valence electrons. The Labute approximate surface area is 118 Å². The molecule has 0 aliphatic carbocycles. The van der Waals surface area contributed by atoms with Crippen molar-refractivity contribution in [1.82, 2.24) is 25.3 Å². The van der Waals surface area contributed by atoms with Crippen LogP contribution in [0, 0.1) is 6.92 Å². The molecule has 2 heterocycles. The van der Waals surface area contributed by atoms with Crippen LogP contribution in [-0.2, 0) is 16.1 Å². The van der Waals surface area contributed by atoms with E-state index in [0.29, 0.717) is 32.6 Å². The molecule has 0 radical (unpaired) electrons. The topological polar surface area (TPSA) is 79.3 Å². The van der Waals surface area contributed by atoms with Crippen LogP contribution in [0.3, 0.4) is 0 Å². The molecule has 2 rings (SSSR count). The molecule has 1 aliphatic heterocycles. The van der Waals surface area contributed by atoms with Gasteiger partial charge in [-0.1, -0.05) is 0 Å². The number of rotatable bonds is 4. The minimum Gasteiger partial charge on any atom is -0.358 e. The summed E-state index contributed by atoms with van der Waals surface area (Å²) in [6.45, 7) is 4.20. The fourth-order valence-electron chi connectivity index (χ4n) is 2.28. The van der Waals surface area contributed by atoms with Crippen molar-refractivity contribution in [1.29, 1.82) is 0 Å². The minimum absolute atomic E-state index is 0.0635. The lowest BCUT2D eigenvalue weighted by Gasteiger charge is -2.32. The number of piperazine rings is 1. The Morgan fingerprint density at radius 3 is 3.00 bits per heavy atom. The number of carbonyl (C=O) groups is 2. The summed E-state index contributed by atoms with van der Waals surface area (Å²) in [4.78, 5) is 25.5. The maximum atomic E-state index is 12.2. The molecule has 0 aromatic carbocycles. The van der Waals surface area contributed by atoms with E-state index in [4.69, 9.17) is 0 Å². The first kappa shape index (κ1) is 14.5. The van der Waals surface area contributed by atoms with Crippen molar-refractivity contribution in [2.75, 3.05) is 26.7 Å². The zero-order valence-corrected chi connectivity index (χ0v) is 11.9. The zero-order valence-electron chi connectivity index (χ0n) is 11.9. The third-order valence-electron chi connectivity index (χ3n) is 3.42. The molecule has 0 saturated carbocycles. The van der Waals surface area contributed by atoms with Crippen molar-refractivity contribution in [2.45, 2.75) is 25.9 Å². The Kier molecular flexibility index (Phi) is 4.73. The highest BCUT2D eigenvalue weighted by molar-refractivity contribution is 5.83. The number of aromatic nitrogens is 2. The highest BCUT2D eigenvalue weighted by Crippen LogP contribution is 2.04. The maximum Gasteiger partial charge on any atom is 0.238 e. The molecule has 1 aliphatic rings. The molecule has 1 fully saturated rings. The predicted molar refractivity (Wildman–Crippen MR) is 74.0 cm³/mol. The molecular formula is C13H21N5O2. The van der Waals surface area contributed by atoms with Gasteiger partial charge in [0.1, 0.15) is 6.04 Å². The van der Waals surface area contributed by atoms with Gasteiger partial charge in [0.05, 0.1) is 5.69 Å². The molecule has 1 saturated heterocycles. The van der Waals surface area contributed by atoms with Gasteiger partial charge >= 0.3 is 0 Å². The molecule has 1 aromatic heterocycles. The second-order valence-corrected chi connectivity index (χ2v) is 4.93. The van der Waals surface area contributed by atoms with Crippen molar-refractivity contribution < 1.29 is 9.59 Å². The van der Waals surface area contributed by atoms with E-state index in [1.807, 2.05) is 19.2 Å². The average Bonchev–Trinajstić information content (AvgIpc) is 2.89. The molecule has 20 heavy (non-hydrogen) atoms. The summed E-state index contributed by atoms with van der Waals surface area (Å²) in [6.07, 6.45) is 2.27. The molecule has 2 N–H and O–H groups in total. The van der Waals surface area contributed by atoms with Gasteiger partial charge in [-0.05, 0) is 13.0 Å². The van der Waals surface area contributed by atoms with Gasteiger partial charge < -0.3 is 15.5 Å².